The van der Waals surface area contributed by atoms with Gasteiger partial charge in [0.05, 0.1) is 11.1 Å². The highest BCUT2D eigenvalue weighted by Gasteiger charge is 2.37. The fraction of sp³-hybridized carbons (Fsp3) is 0.308. The second-order valence-electron chi connectivity index (χ2n) is 4.29. The highest BCUT2D eigenvalue weighted by atomic mass is 19.4. The Hall–Kier alpha value is -1.79. The van der Waals surface area contributed by atoms with E-state index >= 15 is 0 Å². The van der Waals surface area contributed by atoms with Crippen LogP contribution in [0.1, 0.15) is 23.1 Å². The van der Waals surface area contributed by atoms with Crippen LogP contribution in [0, 0.1) is 0 Å². The number of aliphatic imine (C=N–C) groups is 1. The predicted molar refractivity (Wildman–Crippen MR) is 62.4 cm³/mol. The zero-order valence-corrected chi connectivity index (χ0v) is 10.0. The number of nitrogens with zero attached hydrogens (tertiary/aromatic N) is 1. The number of hydrogen-bond donors (Lipinski definition) is 0. The third-order valence-corrected chi connectivity index (χ3v) is 2.85. The number of dihydropyridines is 1. The zero-order valence-electron chi connectivity index (χ0n) is 10.0. The van der Waals surface area contributed by atoms with Gasteiger partial charge in [-0.05, 0) is 41.8 Å². The molecule has 0 unspecified atom stereocenters. The van der Waals surface area contributed by atoms with Crippen LogP contribution in [0.4, 0.5) is 26.3 Å². The van der Waals surface area contributed by atoms with Gasteiger partial charge in [0, 0.05) is 12.8 Å². The standard InChI is InChI=1S/C13H9F6N/c14-12(15,16)10-5-9(8-1-3-20-4-2-8)6-11(7-10)13(17,18)19/h1,3,5-7H,2,4H2. The van der Waals surface area contributed by atoms with E-state index in [-0.39, 0.29) is 11.6 Å². The van der Waals surface area contributed by atoms with E-state index in [4.69, 9.17) is 0 Å². The summed E-state index contributed by atoms with van der Waals surface area (Å²) in [5, 5.41) is 0. The lowest BCUT2D eigenvalue weighted by Crippen LogP contribution is -2.12. The van der Waals surface area contributed by atoms with Crippen molar-refractivity contribution in [1.29, 1.82) is 0 Å². The van der Waals surface area contributed by atoms with Crippen LogP contribution in [0.2, 0.25) is 0 Å². The first-order chi connectivity index (χ1) is 9.18. The summed E-state index contributed by atoms with van der Waals surface area (Å²) in [6.45, 7) is 0.351. The molecule has 20 heavy (non-hydrogen) atoms. The number of rotatable bonds is 1. The van der Waals surface area contributed by atoms with Crippen molar-refractivity contribution in [1.82, 2.24) is 0 Å². The summed E-state index contributed by atoms with van der Waals surface area (Å²) in [6, 6.07) is 1.60. The van der Waals surface area contributed by atoms with Crippen LogP contribution in [0.5, 0.6) is 0 Å². The van der Waals surface area contributed by atoms with Gasteiger partial charge < -0.3 is 0 Å². The molecule has 0 saturated carbocycles. The number of benzene rings is 1. The van der Waals surface area contributed by atoms with E-state index in [1.54, 1.807) is 0 Å². The quantitative estimate of drug-likeness (QED) is 0.672. The maximum atomic E-state index is 12.7. The summed E-state index contributed by atoms with van der Waals surface area (Å²) in [5.74, 6) is 0. The molecular formula is C13H9F6N. The van der Waals surface area contributed by atoms with E-state index in [0.717, 1.165) is 12.1 Å². The molecular weight excluding hydrogens is 284 g/mol. The minimum Gasteiger partial charge on any atom is -0.293 e. The minimum absolute atomic E-state index is 0.0710. The second-order valence-corrected chi connectivity index (χ2v) is 4.29. The van der Waals surface area contributed by atoms with Gasteiger partial charge in [0.15, 0.2) is 0 Å². The van der Waals surface area contributed by atoms with E-state index in [0.29, 0.717) is 18.5 Å². The largest absolute Gasteiger partial charge is 0.416 e. The molecule has 0 atom stereocenters. The van der Waals surface area contributed by atoms with Crippen molar-refractivity contribution in [3.63, 3.8) is 0 Å². The third kappa shape index (κ3) is 3.20. The Morgan fingerprint density at radius 2 is 1.40 bits per heavy atom. The molecule has 1 heterocycles. The first kappa shape index (κ1) is 14.6. The molecule has 7 heteroatoms. The molecule has 0 amide bonds. The van der Waals surface area contributed by atoms with Crippen molar-refractivity contribution < 1.29 is 26.3 Å². The van der Waals surface area contributed by atoms with Crippen molar-refractivity contribution in [2.75, 3.05) is 6.54 Å². The Morgan fingerprint density at radius 3 is 1.80 bits per heavy atom. The van der Waals surface area contributed by atoms with E-state index in [9.17, 15) is 26.3 Å². The number of alkyl halides is 6. The minimum atomic E-state index is -4.82. The average Bonchev–Trinajstić information content (AvgIpc) is 2.37. The number of allylic oxidation sites excluding steroid dienone is 1. The lowest BCUT2D eigenvalue weighted by molar-refractivity contribution is -0.143. The Kier molecular flexibility index (Phi) is 3.62. The van der Waals surface area contributed by atoms with Gasteiger partial charge in [0.25, 0.3) is 0 Å². The lowest BCUT2D eigenvalue weighted by atomic mass is 9.96. The highest BCUT2D eigenvalue weighted by molar-refractivity contribution is 5.86. The fourth-order valence-electron chi connectivity index (χ4n) is 1.87. The van der Waals surface area contributed by atoms with Crippen molar-refractivity contribution in [2.45, 2.75) is 18.8 Å². The van der Waals surface area contributed by atoms with Crippen molar-refractivity contribution in [3.8, 4) is 0 Å². The van der Waals surface area contributed by atoms with Gasteiger partial charge in [0.2, 0.25) is 0 Å². The zero-order chi connectivity index (χ0) is 15.0. The monoisotopic (exact) mass is 293 g/mol. The Morgan fingerprint density at radius 1 is 0.850 bits per heavy atom. The van der Waals surface area contributed by atoms with E-state index < -0.39 is 23.5 Å². The summed E-state index contributed by atoms with van der Waals surface area (Å²) < 4.78 is 76.1. The average molecular weight is 293 g/mol. The molecule has 0 aliphatic carbocycles. The van der Waals surface area contributed by atoms with Crippen molar-refractivity contribution in [2.24, 2.45) is 4.99 Å². The van der Waals surface area contributed by atoms with Crippen molar-refractivity contribution >= 4 is 11.8 Å². The fourth-order valence-corrected chi connectivity index (χ4v) is 1.87. The van der Waals surface area contributed by atoms with Gasteiger partial charge in [-0.25, -0.2) is 0 Å². The molecule has 1 aromatic carbocycles. The van der Waals surface area contributed by atoms with Gasteiger partial charge in [-0.3, -0.25) is 4.99 Å². The highest BCUT2D eigenvalue weighted by Crippen LogP contribution is 2.38. The molecule has 0 aromatic heterocycles. The number of hydrogen-bond acceptors (Lipinski definition) is 1. The second kappa shape index (κ2) is 4.96. The summed E-state index contributed by atoms with van der Waals surface area (Å²) in [4.78, 5) is 3.85. The Balaban J connectivity index is 2.57. The normalized spacial score (nSPS) is 16.2. The summed E-state index contributed by atoms with van der Waals surface area (Å²) >= 11 is 0. The molecule has 2 rings (SSSR count). The van der Waals surface area contributed by atoms with E-state index in [1.165, 1.54) is 12.3 Å². The SMILES string of the molecule is FC(F)(F)c1cc(C2=CC=NCC2)cc(C(F)(F)F)c1. The molecule has 1 aliphatic heterocycles. The van der Waals surface area contributed by atoms with Crippen molar-refractivity contribution in [3.05, 3.63) is 41.0 Å². The first-order valence-electron chi connectivity index (χ1n) is 5.67. The molecule has 0 radical (unpaired) electrons. The molecule has 0 saturated heterocycles. The molecule has 1 aliphatic rings. The molecule has 1 nitrogen and oxygen atoms in total. The smallest absolute Gasteiger partial charge is 0.293 e. The van der Waals surface area contributed by atoms with Gasteiger partial charge in [-0.2, -0.15) is 26.3 Å². The molecule has 0 fully saturated rings. The number of halogens is 6. The van der Waals surface area contributed by atoms with Crippen LogP contribution in [-0.4, -0.2) is 12.8 Å². The topological polar surface area (TPSA) is 12.4 Å². The Bertz CT molecular complexity index is 533. The van der Waals surface area contributed by atoms with Crippen LogP contribution in [0.15, 0.2) is 29.3 Å². The van der Waals surface area contributed by atoms with Crippen LogP contribution < -0.4 is 0 Å². The molecule has 0 N–H and O–H groups in total. The van der Waals surface area contributed by atoms with E-state index in [2.05, 4.69) is 4.99 Å². The van der Waals surface area contributed by atoms with Gasteiger partial charge in [0.1, 0.15) is 0 Å². The Labute approximate surface area is 110 Å². The van der Waals surface area contributed by atoms with Gasteiger partial charge in [-0.15, -0.1) is 0 Å². The van der Waals surface area contributed by atoms with Crippen LogP contribution in [-0.2, 0) is 12.4 Å². The van der Waals surface area contributed by atoms with Crippen LogP contribution in [0.25, 0.3) is 5.57 Å². The van der Waals surface area contributed by atoms with Gasteiger partial charge in [-0.1, -0.05) is 0 Å². The maximum Gasteiger partial charge on any atom is 0.416 e. The first-order valence-corrected chi connectivity index (χ1v) is 5.67. The molecule has 0 spiro atoms. The molecule has 108 valence electrons. The van der Waals surface area contributed by atoms with Crippen LogP contribution >= 0.6 is 0 Å². The summed E-state index contributed by atoms with van der Waals surface area (Å²) in [5.41, 5.74) is -2.26. The van der Waals surface area contributed by atoms with Gasteiger partial charge >= 0.3 is 12.4 Å². The molecule has 1 aromatic rings. The maximum absolute atomic E-state index is 12.7. The predicted octanol–water partition coefficient (Wildman–Crippen LogP) is 4.58. The molecule has 0 bridgehead atoms. The van der Waals surface area contributed by atoms with E-state index in [1.807, 2.05) is 0 Å². The van der Waals surface area contributed by atoms with Crippen LogP contribution in [0.3, 0.4) is 0 Å². The lowest BCUT2D eigenvalue weighted by Gasteiger charge is -2.16. The third-order valence-electron chi connectivity index (χ3n) is 2.85. The summed E-state index contributed by atoms with van der Waals surface area (Å²) in [6.07, 6.45) is -6.51. The summed E-state index contributed by atoms with van der Waals surface area (Å²) in [7, 11) is 0.